The van der Waals surface area contributed by atoms with Crippen LogP contribution in [0, 0.1) is 41.4 Å². The van der Waals surface area contributed by atoms with E-state index in [2.05, 4.69) is 243 Å². The molecule has 0 fully saturated rings. The van der Waals surface area contributed by atoms with E-state index in [4.69, 9.17) is 0 Å². The van der Waals surface area contributed by atoms with Crippen molar-refractivity contribution in [3.63, 3.8) is 0 Å². The lowest BCUT2D eigenvalue weighted by Gasteiger charge is -2.32. The lowest BCUT2D eigenvalue weighted by atomic mass is 9.79. The van der Waals surface area contributed by atoms with Crippen LogP contribution in [0.15, 0.2) is 146 Å². The summed E-state index contributed by atoms with van der Waals surface area (Å²) in [7, 11) is 0. The van der Waals surface area contributed by atoms with Crippen LogP contribution in [0.1, 0.15) is 202 Å². The fourth-order valence-electron chi connectivity index (χ4n) is 14.3. The fourth-order valence-corrected chi connectivity index (χ4v) is 14.3. The molecule has 3 unspecified atom stereocenters. The van der Waals surface area contributed by atoms with Crippen molar-refractivity contribution in [3.05, 3.63) is 201 Å². The van der Waals surface area contributed by atoms with Gasteiger partial charge in [-0.1, -0.05) is 217 Å². The van der Waals surface area contributed by atoms with E-state index in [1.807, 2.05) is 0 Å². The number of anilines is 2. The molecular weight excluding hydrogens is 991 g/mol. The van der Waals surface area contributed by atoms with E-state index in [1.54, 1.807) is 38.9 Å². The molecule has 82 heavy (non-hydrogen) atoms. The second-order valence-corrected chi connectivity index (χ2v) is 27.9. The molecule has 3 heterocycles. The molecule has 0 saturated carbocycles. The fraction of sp³-hybridized carbons (Fsp3) is 0.544. The van der Waals surface area contributed by atoms with Gasteiger partial charge in [0.2, 0.25) is 0 Å². The highest BCUT2D eigenvalue weighted by molar-refractivity contribution is 5.58. The second kappa shape index (κ2) is 33.4. The van der Waals surface area contributed by atoms with Gasteiger partial charge in [0.05, 0.1) is 0 Å². The van der Waals surface area contributed by atoms with Crippen LogP contribution in [0.3, 0.4) is 0 Å². The monoisotopic (exact) mass is 1100 g/mol. The quantitative estimate of drug-likeness (QED) is 0.121. The van der Waals surface area contributed by atoms with Gasteiger partial charge in [-0.25, -0.2) is 0 Å². The van der Waals surface area contributed by atoms with Crippen LogP contribution < -0.4 is 9.80 Å². The Labute approximate surface area is 503 Å². The van der Waals surface area contributed by atoms with E-state index >= 15 is 0 Å². The topological polar surface area (TPSA) is 9.72 Å². The molecule has 0 saturated heterocycles. The molecule has 6 aromatic carbocycles. The third-order valence-electron chi connectivity index (χ3n) is 17.7. The Kier molecular flexibility index (Phi) is 26.2. The number of nitrogens with zero attached hydrogens (tertiary/aromatic N) is 3. The maximum atomic E-state index is 2.56. The average Bonchev–Trinajstić information content (AvgIpc) is 4.06. The van der Waals surface area contributed by atoms with Crippen LogP contribution >= 0.6 is 0 Å². The van der Waals surface area contributed by atoms with Gasteiger partial charge >= 0.3 is 0 Å². The van der Waals surface area contributed by atoms with E-state index < -0.39 is 0 Å². The predicted octanol–water partition coefficient (Wildman–Crippen LogP) is 20.3. The van der Waals surface area contributed by atoms with Crippen LogP contribution in [0.2, 0.25) is 0 Å². The van der Waals surface area contributed by atoms with Gasteiger partial charge in [0.1, 0.15) is 0 Å². The van der Waals surface area contributed by atoms with Gasteiger partial charge in [-0.15, -0.1) is 0 Å². The van der Waals surface area contributed by atoms with Crippen molar-refractivity contribution in [2.45, 2.75) is 198 Å². The van der Waals surface area contributed by atoms with Crippen molar-refractivity contribution in [1.29, 1.82) is 0 Å². The molecular formula is C79H113N3. The summed E-state index contributed by atoms with van der Waals surface area (Å²) in [6.07, 6.45) is 19.9. The molecule has 3 aliphatic carbocycles. The standard InChI is InChI=1S/2C14H20.2C13H19N.C13H18.C12H17N/c1-11(2)10-13-8-5-7-12-6-3-4-9-14(12)13;1-11(2)9-12-7-8-13-5-3-4-6-14(13)10-12;1-11(2)10-14-9-5-7-12-6-3-4-8-13(12)14;1-11(2)9-14-8-7-12-5-3-4-6-13(12)10-14;1-10(2)9-12-8-7-11-5-3-4-6-13(11)12;1-10(2)9-13-8-7-11-5-3-4-6-12(11)13/h3-4,6,9,11,13H,5,7-8,10H2,1-2H3;3-6,11-12H,7-10H2,1-2H3;3-4,6,8,11H,5,7,9-10H2,1-2H3;3-6,11H,7-10H2,1-2H3;3-6,10,12H,7-9H2,1-2H3;3-6,10H,7-9H2,1-2H3. The number of fused-ring (bicyclic) bond motifs is 6. The van der Waals surface area contributed by atoms with Gasteiger partial charge < -0.3 is 9.80 Å². The molecule has 444 valence electrons. The van der Waals surface area contributed by atoms with Gasteiger partial charge in [0, 0.05) is 57.2 Å². The van der Waals surface area contributed by atoms with E-state index in [0.29, 0.717) is 0 Å². The minimum absolute atomic E-state index is 0.751. The summed E-state index contributed by atoms with van der Waals surface area (Å²) in [5.41, 5.74) is 18.7. The minimum Gasteiger partial charge on any atom is -0.371 e. The first-order valence-electron chi connectivity index (χ1n) is 33.3. The summed E-state index contributed by atoms with van der Waals surface area (Å²) in [6, 6.07) is 53.3. The van der Waals surface area contributed by atoms with Crippen LogP contribution in [0.4, 0.5) is 11.4 Å². The third-order valence-corrected chi connectivity index (χ3v) is 17.7. The Morgan fingerprint density at radius 1 is 0.329 bits per heavy atom. The lowest BCUT2D eigenvalue weighted by molar-refractivity contribution is 0.226. The first kappa shape index (κ1) is 64.4. The molecule has 3 heteroatoms. The van der Waals surface area contributed by atoms with Crippen molar-refractivity contribution in [2.75, 3.05) is 49.1 Å². The summed E-state index contributed by atoms with van der Waals surface area (Å²) in [5, 5.41) is 0. The number of para-hydroxylation sites is 2. The lowest BCUT2D eigenvalue weighted by Crippen LogP contribution is -2.33. The third kappa shape index (κ3) is 20.6. The second-order valence-electron chi connectivity index (χ2n) is 27.9. The molecule has 0 bridgehead atoms. The van der Waals surface area contributed by atoms with Gasteiger partial charge in [-0.05, 0) is 217 Å². The predicted molar refractivity (Wildman–Crippen MR) is 359 cm³/mol. The molecule has 12 rings (SSSR count). The van der Waals surface area contributed by atoms with E-state index in [-0.39, 0.29) is 0 Å². The first-order valence-corrected chi connectivity index (χ1v) is 33.3. The number of aryl methyl sites for hydroxylation is 4. The largest absolute Gasteiger partial charge is 0.371 e. The highest BCUT2D eigenvalue weighted by atomic mass is 15.1. The highest BCUT2D eigenvalue weighted by Crippen LogP contribution is 2.38. The molecule has 0 amide bonds. The normalized spacial score (nSPS) is 18.4. The summed E-state index contributed by atoms with van der Waals surface area (Å²) in [6.45, 7) is 36.1. The summed E-state index contributed by atoms with van der Waals surface area (Å²) in [5.74, 6) is 7.40. The van der Waals surface area contributed by atoms with Crippen molar-refractivity contribution < 1.29 is 0 Å². The maximum Gasteiger partial charge on any atom is 0.0399 e. The molecule has 0 spiro atoms. The Morgan fingerprint density at radius 2 is 0.744 bits per heavy atom. The van der Waals surface area contributed by atoms with Crippen LogP contribution in [-0.2, 0) is 51.5 Å². The molecule has 0 N–H and O–H groups in total. The summed E-state index contributed by atoms with van der Waals surface area (Å²) in [4.78, 5) is 7.59. The highest BCUT2D eigenvalue weighted by Gasteiger charge is 2.24. The molecule has 6 aromatic rings. The first-order chi connectivity index (χ1) is 39.6. The van der Waals surface area contributed by atoms with Gasteiger partial charge in [0.15, 0.2) is 0 Å². The molecule has 0 aromatic heterocycles. The Balaban J connectivity index is 0.000000142. The maximum absolute atomic E-state index is 2.56. The zero-order chi connectivity index (χ0) is 58.4. The summed E-state index contributed by atoms with van der Waals surface area (Å²) < 4.78 is 0. The Bertz CT molecular complexity index is 2570. The molecule has 3 nitrogen and oxygen atoms in total. The van der Waals surface area contributed by atoms with E-state index in [1.165, 1.54) is 164 Å². The van der Waals surface area contributed by atoms with Crippen molar-refractivity contribution in [1.82, 2.24) is 4.90 Å². The van der Waals surface area contributed by atoms with Crippen molar-refractivity contribution in [2.24, 2.45) is 41.4 Å². The molecule has 0 radical (unpaired) electrons. The van der Waals surface area contributed by atoms with E-state index in [0.717, 1.165) is 59.8 Å². The van der Waals surface area contributed by atoms with Crippen LogP contribution in [-0.4, -0.2) is 44.2 Å². The number of benzene rings is 6. The molecule has 6 aliphatic rings. The Morgan fingerprint density at radius 3 is 1.30 bits per heavy atom. The SMILES string of the molecule is CC(C)CC1CCCc2ccccc21.CC(C)CC1CCc2ccccc21.CC(C)CC1CCc2ccccc2C1.CC(C)CN1CCCc2ccccc21.CC(C)CN1CCc2ccccc21.CC(C)CN1CCc2ccccc2C1. The van der Waals surface area contributed by atoms with Crippen molar-refractivity contribution in [3.8, 4) is 0 Å². The smallest absolute Gasteiger partial charge is 0.0399 e. The van der Waals surface area contributed by atoms with Crippen LogP contribution in [0.5, 0.6) is 0 Å². The van der Waals surface area contributed by atoms with Crippen LogP contribution in [0.25, 0.3) is 0 Å². The zero-order valence-corrected chi connectivity index (χ0v) is 54.0. The number of rotatable bonds is 12. The molecule has 3 atom stereocenters. The molecule has 3 aliphatic heterocycles. The van der Waals surface area contributed by atoms with Crippen molar-refractivity contribution >= 4 is 11.4 Å². The minimum atomic E-state index is 0.751. The van der Waals surface area contributed by atoms with E-state index in [9.17, 15) is 0 Å². The number of hydrogen-bond donors (Lipinski definition) is 0. The zero-order valence-electron chi connectivity index (χ0n) is 54.0. The number of hydrogen-bond acceptors (Lipinski definition) is 3. The summed E-state index contributed by atoms with van der Waals surface area (Å²) >= 11 is 0. The van der Waals surface area contributed by atoms with Gasteiger partial charge in [0.25, 0.3) is 0 Å². The average molecular weight is 1100 g/mol. The van der Waals surface area contributed by atoms with Gasteiger partial charge in [-0.2, -0.15) is 0 Å². The van der Waals surface area contributed by atoms with Gasteiger partial charge in [-0.3, -0.25) is 4.90 Å². The Hall–Kier alpha value is -5.12.